The van der Waals surface area contributed by atoms with Crippen LogP contribution in [-0.4, -0.2) is 48.5 Å². The number of alkyl carbamates (subject to hydrolysis) is 1. The number of benzene rings is 1. The zero-order chi connectivity index (χ0) is 17.4. The zero-order valence-electron chi connectivity index (χ0n) is 14.1. The number of nitrogens with zero attached hydrogens (tertiary/aromatic N) is 1. The highest BCUT2D eigenvalue weighted by molar-refractivity contribution is 6.24. The van der Waals surface area contributed by atoms with Gasteiger partial charge in [-0.05, 0) is 24.8 Å². The number of piperidine rings is 1. The molecule has 0 aromatic heterocycles. The Hall–Kier alpha value is -1.75. The lowest BCUT2D eigenvalue weighted by Crippen LogP contribution is -2.46. The molecule has 2 amide bonds. The largest absolute Gasteiger partial charge is 0.450 e. The van der Waals surface area contributed by atoms with Crippen LogP contribution in [0.5, 0.6) is 0 Å². The van der Waals surface area contributed by atoms with Gasteiger partial charge in [-0.1, -0.05) is 30.3 Å². The number of carbonyl (C=O) groups excluding carboxylic acids is 2. The van der Waals surface area contributed by atoms with Crippen LogP contribution in [0.25, 0.3) is 0 Å². The average Bonchev–Trinajstić information content (AvgIpc) is 3.24. The molecule has 2 aliphatic heterocycles. The molecule has 0 bridgehead atoms. The Morgan fingerprint density at radius 3 is 2.88 bits per heavy atom. The zero-order valence-corrected chi connectivity index (χ0v) is 14.9. The molecule has 3 unspecified atom stereocenters. The summed E-state index contributed by atoms with van der Waals surface area (Å²) >= 11 is 6.66. The Kier molecular flexibility index (Phi) is 4.36. The van der Waals surface area contributed by atoms with Crippen molar-refractivity contribution in [1.82, 2.24) is 10.2 Å². The van der Waals surface area contributed by atoms with E-state index in [0.29, 0.717) is 25.6 Å². The van der Waals surface area contributed by atoms with Crippen molar-refractivity contribution in [3.63, 3.8) is 0 Å². The van der Waals surface area contributed by atoms with E-state index >= 15 is 0 Å². The van der Waals surface area contributed by atoms with Crippen molar-refractivity contribution in [2.24, 2.45) is 11.8 Å². The van der Waals surface area contributed by atoms with Gasteiger partial charge in [-0.3, -0.25) is 4.79 Å². The molecule has 0 spiro atoms. The summed E-state index contributed by atoms with van der Waals surface area (Å²) in [5, 5.41) is 2.78. The minimum Gasteiger partial charge on any atom is -0.450 e. The SMILES string of the molecule is O=C1NC[C@H](C(=O)N2CCC3(c4ccccc4)C(Cl)C3C2)CCCO1. The van der Waals surface area contributed by atoms with E-state index in [1.807, 2.05) is 11.0 Å². The number of nitrogens with one attached hydrogen (secondary N) is 1. The van der Waals surface area contributed by atoms with Crippen LogP contribution in [-0.2, 0) is 14.9 Å². The van der Waals surface area contributed by atoms with Crippen LogP contribution in [0.15, 0.2) is 30.3 Å². The molecule has 3 fully saturated rings. The topological polar surface area (TPSA) is 58.6 Å². The molecule has 1 aromatic carbocycles. The first-order valence-electron chi connectivity index (χ1n) is 9.02. The van der Waals surface area contributed by atoms with E-state index in [4.69, 9.17) is 16.3 Å². The first-order chi connectivity index (χ1) is 12.1. The lowest BCUT2D eigenvalue weighted by Gasteiger charge is -2.34. The number of carbonyl (C=O) groups is 2. The fourth-order valence-electron chi connectivity index (χ4n) is 4.48. The third-order valence-corrected chi connectivity index (χ3v) is 6.70. The molecular weight excluding hydrogens is 340 g/mol. The molecule has 6 heteroatoms. The molecule has 4 rings (SSSR count). The molecule has 1 aromatic rings. The van der Waals surface area contributed by atoms with Gasteiger partial charge in [0.2, 0.25) is 5.91 Å². The molecule has 25 heavy (non-hydrogen) atoms. The Labute approximate surface area is 152 Å². The van der Waals surface area contributed by atoms with E-state index in [1.54, 1.807) is 0 Å². The summed E-state index contributed by atoms with van der Waals surface area (Å²) < 4.78 is 4.96. The third-order valence-electron chi connectivity index (χ3n) is 6.01. The van der Waals surface area contributed by atoms with E-state index in [-0.39, 0.29) is 22.6 Å². The van der Waals surface area contributed by atoms with Crippen LogP contribution in [0.1, 0.15) is 24.8 Å². The maximum Gasteiger partial charge on any atom is 0.407 e. The number of hydrogen-bond acceptors (Lipinski definition) is 3. The highest BCUT2D eigenvalue weighted by atomic mass is 35.5. The maximum absolute atomic E-state index is 12.9. The van der Waals surface area contributed by atoms with E-state index in [2.05, 4.69) is 29.6 Å². The fourth-order valence-corrected chi connectivity index (χ4v) is 5.11. The van der Waals surface area contributed by atoms with Crippen LogP contribution < -0.4 is 5.32 Å². The summed E-state index contributed by atoms with van der Waals surface area (Å²) in [5.74, 6) is 0.296. The fraction of sp³-hybridized carbons (Fsp3) is 0.579. The minimum absolute atomic E-state index is 0.0303. The second kappa shape index (κ2) is 6.52. The van der Waals surface area contributed by atoms with Crippen molar-refractivity contribution in [3.8, 4) is 0 Å². The molecule has 3 aliphatic rings. The van der Waals surface area contributed by atoms with Gasteiger partial charge in [0.15, 0.2) is 0 Å². The van der Waals surface area contributed by atoms with Crippen molar-refractivity contribution in [2.75, 3.05) is 26.2 Å². The van der Waals surface area contributed by atoms with Crippen LogP contribution >= 0.6 is 11.6 Å². The average molecular weight is 363 g/mol. The van der Waals surface area contributed by atoms with Crippen LogP contribution in [0.2, 0.25) is 0 Å². The third kappa shape index (κ3) is 2.88. The van der Waals surface area contributed by atoms with Crippen LogP contribution in [0, 0.1) is 11.8 Å². The van der Waals surface area contributed by atoms with Gasteiger partial charge in [0.05, 0.1) is 12.5 Å². The van der Waals surface area contributed by atoms with E-state index in [1.165, 1.54) is 5.56 Å². The van der Waals surface area contributed by atoms with Gasteiger partial charge in [0.25, 0.3) is 0 Å². The van der Waals surface area contributed by atoms with Gasteiger partial charge < -0.3 is 15.0 Å². The summed E-state index contributed by atoms with van der Waals surface area (Å²) in [6, 6.07) is 10.4. The molecule has 2 saturated heterocycles. The molecule has 1 aliphatic carbocycles. The smallest absolute Gasteiger partial charge is 0.407 e. The van der Waals surface area contributed by atoms with E-state index < -0.39 is 6.09 Å². The lowest BCUT2D eigenvalue weighted by atomic mass is 9.86. The number of fused-ring (bicyclic) bond motifs is 1. The Morgan fingerprint density at radius 2 is 2.12 bits per heavy atom. The van der Waals surface area contributed by atoms with Crippen LogP contribution in [0.3, 0.4) is 0 Å². The van der Waals surface area contributed by atoms with Crippen molar-refractivity contribution in [1.29, 1.82) is 0 Å². The first-order valence-corrected chi connectivity index (χ1v) is 9.45. The Morgan fingerprint density at radius 1 is 1.32 bits per heavy atom. The first kappa shape index (κ1) is 16.7. The molecule has 2 heterocycles. The summed E-state index contributed by atoms with van der Waals surface area (Å²) in [5.41, 5.74) is 1.32. The number of halogens is 1. The van der Waals surface area contributed by atoms with Crippen molar-refractivity contribution >= 4 is 23.6 Å². The van der Waals surface area contributed by atoms with E-state index in [9.17, 15) is 9.59 Å². The number of likely N-dealkylation sites (tertiary alicyclic amines) is 1. The predicted molar refractivity (Wildman–Crippen MR) is 94.5 cm³/mol. The summed E-state index contributed by atoms with van der Waals surface area (Å²) in [6.07, 6.45) is 1.95. The van der Waals surface area contributed by atoms with Gasteiger partial charge >= 0.3 is 6.09 Å². The molecule has 1 saturated carbocycles. The number of alkyl halides is 1. The predicted octanol–water partition coefficient (Wildman–Crippen LogP) is 2.53. The Bertz CT molecular complexity index is 668. The molecule has 134 valence electrons. The van der Waals surface area contributed by atoms with Gasteiger partial charge in [-0.15, -0.1) is 11.6 Å². The van der Waals surface area contributed by atoms with Crippen molar-refractivity contribution in [3.05, 3.63) is 35.9 Å². The molecule has 4 atom stereocenters. The second-order valence-corrected chi connectivity index (χ2v) is 7.78. The molecule has 1 N–H and O–H groups in total. The van der Waals surface area contributed by atoms with Gasteiger partial charge in [0.1, 0.15) is 0 Å². The summed E-state index contributed by atoms with van der Waals surface area (Å²) in [6.45, 7) is 2.17. The number of rotatable bonds is 2. The number of cyclic esters (lactones) is 1. The Balaban J connectivity index is 1.43. The van der Waals surface area contributed by atoms with Crippen molar-refractivity contribution in [2.45, 2.75) is 30.1 Å². The maximum atomic E-state index is 12.9. The monoisotopic (exact) mass is 362 g/mol. The quantitative estimate of drug-likeness (QED) is 0.822. The minimum atomic E-state index is -0.428. The lowest BCUT2D eigenvalue weighted by molar-refractivity contribution is -0.137. The van der Waals surface area contributed by atoms with Gasteiger partial charge in [-0.2, -0.15) is 0 Å². The normalized spacial score (nSPS) is 34.8. The number of amides is 2. The highest BCUT2D eigenvalue weighted by Gasteiger charge is 2.66. The molecule has 5 nitrogen and oxygen atoms in total. The standard InChI is InChI=1S/C19H23ClN2O3/c20-16-15-12-22(9-8-19(15,16)14-6-2-1-3-7-14)17(23)13-5-4-10-25-18(24)21-11-13/h1-3,6-7,13,15-16H,4-5,8-12H2,(H,21,24)/t13-,15?,16?,19?/m1/s1. The van der Waals surface area contributed by atoms with Gasteiger partial charge in [0, 0.05) is 36.3 Å². The highest BCUT2D eigenvalue weighted by Crippen LogP contribution is 2.62. The van der Waals surface area contributed by atoms with Crippen LogP contribution in [0.4, 0.5) is 4.79 Å². The van der Waals surface area contributed by atoms with E-state index in [0.717, 1.165) is 25.8 Å². The van der Waals surface area contributed by atoms with Crippen molar-refractivity contribution < 1.29 is 14.3 Å². The number of hydrogen-bond donors (Lipinski definition) is 1. The summed E-state index contributed by atoms with van der Waals surface area (Å²) in [7, 11) is 0. The number of ether oxygens (including phenoxy) is 1. The second-order valence-electron chi connectivity index (χ2n) is 7.30. The summed E-state index contributed by atoms with van der Waals surface area (Å²) in [4.78, 5) is 26.3. The molecular formula is C19H23ClN2O3. The van der Waals surface area contributed by atoms with Gasteiger partial charge in [-0.25, -0.2) is 4.79 Å². The molecule has 0 radical (unpaired) electrons.